The van der Waals surface area contributed by atoms with E-state index < -0.39 is 11.8 Å². The summed E-state index contributed by atoms with van der Waals surface area (Å²) < 4.78 is 6.33. The minimum absolute atomic E-state index is 0.0810. The highest BCUT2D eigenvalue weighted by molar-refractivity contribution is 9.10. The van der Waals surface area contributed by atoms with Crippen LogP contribution < -0.4 is 20.7 Å². The summed E-state index contributed by atoms with van der Waals surface area (Å²) in [6.45, 7) is 2.54. The topological polar surface area (TPSA) is 109 Å². The van der Waals surface area contributed by atoms with Crippen LogP contribution in [0.2, 0.25) is 0 Å². The van der Waals surface area contributed by atoms with E-state index in [0.717, 1.165) is 31.9 Å². The van der Waals surface area contributed by atoms with E-state index in [2.05, 4.69) is 36.9 Å². The van der Waals surface area contributed by atoms with Gasteiger partial charge in [0.1, 0.15) is 11.4 Å². The summed E-state index contributed by atoms with van der Waals surface area (Å²) in [5, 5.41) is 10.9. The number of hydrogen-bond acceptors (Lipinski definition) is 7. The third kappa shape index (κ3) is 9.40. The third-order valence-electron chi connectivity index (χ3n) is 6.36. The first-order valence-corrected chi connectivity index (χ1v) is 16.9. The van der Waals surface area contributed by atoms with Gasteiger partial charge in [0.25, 0.3) is 11.8 Å². The Morgan fingerprint density at radius 1 is 0.913 bits per heavy atom. The van der Waals surface area contributed by atoms with Crippen LogP contribution in [0.25, 0.3) is 17.3 Å². The summed E-state index contributed by atoms with van der Waals surface area (Å²) in [7, 11) is 0. The molecule has 4 aromatic carbocycles. The number of nitrogens with zero attached hydrogens (tertiary/aromatic N) is 1. The first-order valence-electron chi connectivity index (χ1n) is 14.2. The molecular weight excluding hydrogens is 684 g/mol. The van der Waals surface area contributed by atoms with E-state index in [4.69, 9.17) is 4.74 Å². The van der Waals surface area contributed by atoms with Gasteiger partial charge in [-0.15, -0.1) is 23.1 Å². The number of carbonyl (C=O) groups excluding carboxylic acids is 3. The number of thiazole rings is 1. The molecule has 0 unspecified atom stereocenters. The third-order valence-corrected chi connectivity index (χ3v) is 8.61. The number of thioether (sulfide) groups is 1. The Balaban J connectivity index is 1.20. The summed E-state index contributed by atoms with van der Waals surface area (Å²) >= 11 is 6.13. The predicted molar refractivity (Wildman–Crippen MR) is 189 cm³/mol. The summed E-state index contributed by atoms with van der Waals surface area (Å²) in [5.74, 6) is -0.149. The summed E-state index contributed by atoms with van der Waals surface area (Å²) in [4.78, 5) is 44.4. The van der Waals surface area contributed by atoms with Crippen molar-refractivity contribution in [2.75, 3.05) is 23.0 Å². The van der Waals surface area contributed by atoms with E-state index >= 15 is 0 Å². The predicted octanol–water partition coefficient (Wildman–Crippen LogP) is 8.11. The van der Waals surface area contributed by atoms with Gasteiger partial charge in [-0.3, -0.25) is 14.4 Å². The Bertz CT molecular complexity index is 1860. The van der Waals surface area contributed by atoms with Crippen molar-refractivity contribution in [3.63, 3.8) is 0 Å². The molecule has 5 aromatic rings. The van der Waals surface area contributed by atoms with Gasteiger partial charge in [0, 0.05) is 31.6 Å². The van der Waals surface area contributed by atoms with E-state index in [0.29, 0.717) is 23.0 Å². The van der Waals surface area contributed by atoms with Crippen molar-refractivity contribution in [3.05, 3.63) is 130 Å². The van der Waals surface area contributed by atoms with Crippen LogP contribution in [0.15, 0.2) is 124 Å². The molecule has 5 rings (SSSR count). The van der Waals surface area contributed by atoms with Crippen LogP contribution in [-0.2, 0) is 9.59 Å². The van der Waals surface area contributed by atoms with Gasteiger partial charge >= 0.3 is 0 Å². The van der Waals surface area contributed by atoms with Crippen molar-refractivity contribution in [2.24, 2.45) is 0 Å². The number of hydrogen-bond donors (Lipinski definition) is 3. The number of carbonyl (C=O) groups is 3. The van der Waals surface area contributed by atoms with Crippen molar-refractivity contribution < 1.29 is 19.1 Å². The van der Waals surface area contributed by atoms with Crippen molar-refractivity contribution >= 4 is 73.6 Å². The van der Waals surface area contributed by atoms with Gasteiger partial charge in [-0.1, -0.05) is 52.3 Å². The second kappa shape index (κ2) is 16.0. The van der Waals surface area contributed by atoms with Gasteiger partial charge in [-0.05, 0) is 85.3 Å². The van der Waals surface area contributed by atoms with Gasteiger partial charge in [-0.25, -0.2) is 4.98 Å². The molecule has 0 aliphatic rings. The zero-order valence-corrected chi connectivity index (χ0v) is 27.9. The second-order valence-electron chi connectivity index (χ2n) is 9.75. The molecule has 1 heterocycles. The largest absolute Gasteiger partial charge is 0.494 e. The molecule has 46 heavy (non-hydrogen) atoms. The lowest BCUT2D eigenvalue weighted by atomic mass is 10.1. The Morgan fingerprint density at radius 3 is 2.46 bits per heavy atom. The molecule has 8 nitrogen and oxygen atoms in total. The van der Waals surface area contributed by atoms with Crippen molar-refractivity contribution in [2.45, 2.75) is 11.8 Å². The fraction of sp³-hybridized carbons (Fsp3) is 0.0857. The molecule has 0 aliphatic carbocycles. The second-order valence-corrected chi connectivity index (χ2v) is 12.6. The number of nitrogens with one attached hydrogen (secondary N) is 3. The van der Waals surface area contributed by atoms with Crippen molar-refractivity contribution in [1.29, 1.82) is 0 Å². The molecule has 0 fully saturated rings. The lowest BCUT2D eigenvalue weighted by Gasteiger charge is -2.12. The van der Waals surface area contributed by atoms with Crippen molar-refractivity contribution in [3.8, 4) is 17.0 Å². The highest BCUT2D eigenvalue weighted by atomic mass is 79.9. The van der Waals surface area contributed by atoms with Gasteiger partial charge in [0.05, 0.1) is 18.1 Å². The molecule has 3 N–H and O–H groups in total. The normalized spacial score (nSPS) is 11.0. The van der Waals surface area contributed by atoms with E-state index in [9.17, 15) is 14.4 Å². The van der Waals surface area contributed by atoms with Gasteiger partial charge in [0.15, 0.2) is 5.13 Å². The molecule has 11 heteroatoms. The first-order chi connectivity index (χ1) is 22.4. The minimum atomic E-state index is -0.490. The monoisotopic (exact) mass is 712 g/mol. The number of amides is 3. The Kier molecular flexibility index (Phi) is 11.4. The maximum absolute atomic E-state index is 13.4. The lowest BCUT2D eigenvalue weighted by Crippen LogP contribution is -2.30. The van der Waals surface area contributed by atoms with Crippen LogP contribution in [0.4, 0.5) is 10.8 Å². The van der Waals surface area contributed by atoms with Crippen LogP contribution in [0.1, 0.15) is 22.8 Å². The molecule has 0 saturated carbocycles. The van der Waals surface area contributed by atoms with Crippen LogP contribution in [0, 0.1) is 0 Å². The molecule has 0 atom stereocenters. The number of ether oxygens (including phenoxy) is 1. The zero-order chi connectivity index (χ0) is 32.3. The lowest BCUT2D eigenvalue weighted by molar-refractivity contribution is -0.114. The number of anilines is 2. The Hall–Kier alpha value is -4.71. The molecular formula is C35H29BrN4O4S2. The summed E-state index contributed by atoms with van der Waals surface area (Å²) in [6.07, 6.45) is 1.61. The number of aromatic nitrogens is 1. The Labute approximate surface area is 283 Å². The quantitative estimate of drug-likeness (QED) is 0.0891. The van der Waals surface area contributed by atoms with Crippen LogP contribution in [-0.4, -0.2) is 35.1 Å². The average molecular weight is 714 g/mol. The average Bonchev–Trinajstić information content (AvgIpc) is 3.53. The van der Waals surface area contributed by atoms with E-state index in [1.54, 1.807) is 48.5 Å². The van der Waals surface area contributed by atoms with Crippen LogP contribution >= 0.6 is 39.0 Å². The minimum Gasteiger partial charge on any atom is -0.494 e. The van der Waals surface area contributed by atoms with E-state index in [-0.39, 0.29) is 17.4 Å². The molecule has 232 valence electrons. The van der Waals surface area contributed by atoms with E-state index in [1.807, 2.05) is 73.0 Å². The first kappa shape index (κ1) is 32.7. The highest BCUT2D eigenvalue weighted by Gasteiger charge is 2.16. The molecule has 0 bridgehead atoms. The van der Waals surface area contributed by atoms with Crippen LogP contribution in [0.5, 0.6) is 5.75 Å². The molecule has 3 amide bonds. The van der Waals surface area contributed by atoms with Gasteiger partial charge < -0.3 is 20.7 Å². The van der Waals surface area contributed by atoms with Crippen LogP contribution in [0.3, 0.4) is 0 Å². The van der Waals surface area contributed by atoms with Crippen molar-refractivity contribution in [1.82, 2.24) is 10.3 Å². The summed E-state index contributed by atoms with van der Waals surface area (Å²) in [6, 6.07) is 30.9. The standard InChI is InChI=1S/C35H29BrN4O4S2/c1-2-44-28-16-14-24(15-17-28)31-21-46-35(39-31)40-32(41)22-45-29-13-7-12-27(20-29)37-34(43)30(19-23-8-6-11-26(36)18-23)38-33(42)25-9-4-3-5-10-25/h3-21H,2,22H2,1H3,(H,37,43)(H,38,42)(H,39,40,41)/b30-19+. The maximum atomic E-state index is 13.4. The van der Waals surface area contributed by atoms with Gasteiger partial charge in [-0.2, -0.15) is 0 Å². The fourth-order valence-corrected chi connectivity index (χ4v) is 6.13. The zero-order valence-electron chi connectivity index (χ0n) is 24.7. The molecule has 0 aliphatic heterocycles. The number of rotatable bonds is 12. The molecule has 0 saturated heterocycles. The van der Waals surface area contributed by atoms with E-state index in [1.165, 1.54) is 23.1 Å². The number of halogens is 1. The molecule has 0 spiro atoms. The SMILES string of the molecule is CCOc1ccc(-c2csc(NC(=O)CSc3cccc(NC(=O)/C(=C\c4cccc(Br)c4)NC(=O)c4ccccc4)c3)n2)cc1. The Morgan fingerprint density at radius 2 is 1.70 bits per heavy atom. The number of benzene rings is 4. The molecule has 0 radical (unpaired) electrons. The summed E-state index contributed by atoms with van der Waals surface area (Å²) in [5.41, 5.74) is 3.46. The van der Waals surface area contributed by atoms with Gasteiger partial charge in [0.2, 0.25) is 5.91 Å². The maximum Gasteiger partial charge on any atom is 0.272 e. The highest BCUT2D eigenvalue weighted by Crippen LogP contribution is 2.27. The smallest absolute Gasteiger partial charge is 0.272 e. The molecule has 1 aromatic heterocycles. The fourth-order valence-electron chi connectivity index (χ4n) is 4.22.